The van der Waals surface area contributed by atoms with Crippen molar-refractivity contribution in [2.75, 3.05) is 13.2 Å². The van der Waals surface area contributed by atoms with Crippen molar-refractivity contribution in [2.45, 2.75) is 83.7 Å². The predicted octanol–water partition coefficient (Wildman–Crippen LogP) is 7.72. The third-order valence-corrected chi connectivity index (χ3v) is 17.4. The van der Waals surface area contributed by atoms with E-state index < -0.39 is 42.2 Å². The van der Waals surface area contributed by atoms with Crippen molar-refractivity contribution < 1.29 is 18.7 Å². The van der Waals surface area contributed by atoms with Gasteiger partial charge in [-0.1, -0.05) is 111 Å². The molecule has 0 aliphatic carbocycles. The molecular weight excluding hydrogens is 780 g/mol. The Hall–Kier alpha value is -3.32. The zero-order chi connectivity index (χ0) is 37.4. The molecule has 0 radical (unpaired) electrons. The molecule has 1 saturated heterocycles. The second-order valence-electron chi connectivity index (χ2n) is 14.8. The molecule has 12 heteroatoms. The van der Waals surface area contributed by atoms with Gasteiger partial charge < -0.3 is 13.9 Å². The molecule has 0 amide bonds. The second kappa shape index (κ2) is 15.2. The molecule has 1 unspecified atom stereocenters. The Morgan fingerprint density at radius 1 is 0.942 bits per heavy atom. The van der Waals surface area contributed by atoms with E-state index in [-0.39, 0.29) is 12.6 Å². The molecule has 1 atom stereocenters. The normalized spacial score (nSPS) is 15.2. The summed E-state index contributed by atoms with van der Waals surface area (Å²) in [7, 11) is -3.39. The Morgan fingerprint density at radius 2 is 1.50 bits per heavy atom. The van der Waals surface area contributed by atoms with Crippen LogP contribution in [0.3, 0.4) is 0 Å². The number of halogens is 2. The van der Waals surface area contributed by atoms with Crippen molar-refractivity contribution in [1.82, 2.24) is 9.13 Å². The minimum absolute atomic E-state index is 0.0585. The van der Waals surface area contributed by atoms with Gasteiger partial charge in [0.1, 0.15) is 16.5 Å². The highest BCUT2D eigenvalue weighted by atomic mass is 79.9. The Bertz CT molecular complexity index is 2150. The average molecular weight is 824 g/mol. The lowest BCUT2D eigenvalue weighted by atomic mass is 10.1. The van der Waals surface area contributed by atoms with E-state index >= 15 is 0 Å². The molecule has 2 aromatic heterocycles. The molecule has 0 bridgehead atoms. The highest BCUT2D eigenvalue weighted by molar-refractivity contribution is 9.11. The topological polar surface area (TPSA) is 88.8 Å². The molecule has 274 valence electrons. The summed E-state index contributed by atoms with van der Waals surface area (Å²) in [4.78, 5) is 44.9. The number of ether oxygens (including phenoxy) is 2. The van der Waals surface area contributed by atoms with Crippen LogP contribution in [0.1, 0.15) is 64.7 Å². The number of nitrogens with zero attached hydrogens (tertiary/aromatic N) is 2. The molecule has 3 aromatic carbocycles. The van der Waals surface area contributed by atoms with Gasteiger partial charge >= 0.3 is 20.0 Å². The summed E-state index contributed by atoms with van der Waals surface area (Å²) in [5.41, 5.74) is -1.49. The molecule has 8 nitrogen and oxygen atoms in total. The van der Waals surface area contributed by atoms with Crippen LogP contribution in [0.2, 0.25) is 10.1 Å². The molecule has 0 saturated carbocycles. The van der Waals surface area contributed by atoms with Crippen LogP contribution in [-0.4, -0.2) is 42.7 Å². The minimum Gasteiger partial charge on any atom is -0.508 e. The molecule has 0 N–H and O–H groups in total. The number of fused-ring (bicyclic) bond motifs is 1. The number of benzene rings is 3. The molecule has 1 aliphatic rings. The average Bonchev–Trinajstić information content (AvgIpc) is 3.42. The van der Waals surface area contributed by atoms with E-state index in [1.54, 1.807) is 24.5 Å². The van der Waals surface area contributed by atoms with Crippen LogP contribution in [0, 0.1) is 6.92 Å². The van der Waals surface area contributed by atoms with Gasteiger partial charge in [-0.3, -0.25) is 14.2 Å². The molecule has 3 heterocycles. The molecule has 1 aliphatic heterocycles. The first-order valence-electron chi connectivity index (χ1n) is 17.5. The number of hydrogen-bond acceptors (Lipinski definition) is 7. The van der Waals surface area contributed by atoms with E-state index in [0.29, 0.717) is 46.9 Å². The van der Waals surface area contributed by atoms with Gasteiger partial charge in [0, 0.05) is 23.8 Å². The van der Waals surface area contributed by atoms with E-state index in [1.165, 1.54) is 11.3 Å². The zero-order valence-corrected chi connectivity index (χ0v) is 34.4. The van der Waals surface area contributed by atoms with Gasteiger partial charge in [-0.15, -0.1) is 11.3 Å². The Balaban J connectivity index is 1.52. The largest absolute Gasteiger partial charge is 0.508 e. The van der Waals surface area contributed by atoms with Crippen LogP contribution in [0.4, 0.5) is 0 Å². The van der Waals surface area contributed by atoms with Crippen molar-refractivity contribution in [3.63, 3.8) is 0 Å². The third-order valence-electron chi connectivity index (χ3n) is 10.0. The monoisotopic (exact) mass is 822 g/mol. The van der Waals surface area contributed by atoms with Crippen molar-refractivity contribution in [1.29, 1.82) is 0 Å². The van der Waals surface area contributed by atoms with Crippen LogP contribution < -0.4 is 21.6 Å². The maximum atomic E-state index is 14.9. The fourth-order valence-corrected chi connectivity index (χ4v) is 13.5. The van der Waals surface area contributed by atoms with Gasteiger partial charge in [-0.25, -0.2) is 9.36 Å². The lowest BCUT2D eigenvalue weighted by Gasteiger charge is -2.43. The van der Waals surface area contributed by atoms with Crippen LogP contribution in [-0.2, 0) is 30.8 Å². The summed E-state index contributed by atoms with van der Waals surface area (Å²) in [6.07, 6.45) is 0.671. The fourth-order valence-electron chi connectivity index (χ4n) is 7.14. The van der Waals surface area contributed by atoms with E-state index in [9.17, 15) is 14.4 Å². The quantitative estimate of drug-likeness (QED) is 0.134. The van der Waals surface area contributed by atoms with Crippen LogP contribution in [0.25, 0.3) is 10.2 Å². The standard InChI is InChI=1S/C40H44BrClN2O6SSi/c1-26-33-35(45)44(40(5,6)37(46)50-52(39(2,3)4,28-15-9-7-10-16-28)29-17-11-8-12-18-29)38(47)43(36(33)51-34(26)41)25-32(30-19-13-14-20-31(30)42)49-27-21-23-48-24-22-27/h7-20,27,32H,21-25H2,1-6H3. The van der Waals surface area contributed by atoms with Gasteiger partial charge in [-0.05, 0) is 76.6 Å². The van der Waals surface area contributed by atoms with Crippen LogP contribution in [0.5, 0.6) is 0 Å². The van der Waals surface area contributed by atoms with E-state index in [2.05, 4.69) is 36.7 Å². The number of carbonyl (C=O) groups is 1. The van der Waals surface area contributed by atoms with Crippen molar-refractivity contribution in [3.8, 4) is 0 Å². The summed E-state index contributed by atoms with van der Waals surface area (Å²) in [6, 6.07) is 27.0. The highest BCUT2D eigenvalue weighted by Gasteiger charge is 2.55. The van der Waals surface area contributed by atoms with Gasteiger partial charge in [0.15, 0.2) is 0 Å². The Morgan fingerprint density at radius 3 is 2.06 bits per heavy atom. The SMILES string of the molecule is Cc1c(Br)sc2c1c(=O)n(C(C)(C)C(=O)O[Si](c1ccccc1)(c1ccccc1)C(C)(C)C)c(=O)n2CC(OC1CCOCC1)c1ccccc1Cl. The summed E-state index contributed by atoms with van der Waals surface area (Å²) < 4.78 is 22.5. The van der Waals surface area contributed by atoms with Gasteiger partial charge in [0.05, 0.1) is 21.8 Å². The Kier molecular flexibility index (Phi) is 11.2. The smallest absolute Gasteiger partial charge is 0.333 e. The summed E-state index contributed by atoms with van der Waals surface area (Å²) in [6.45, 7) is 12.4. The number of rotatable bonds is 10. The molecular formula is C40H44BrClN2O6SSi. The molecule has 6 rings (SSSR count). The van der Waals surface area contributed by atoms with Crippen LogP contribution >= 0.6 is 38.9 Å². The first-order valence-corrected chi connectivity index (χ1v) is 21.3. The van der Waals surface area contributed by atoms with Gasteiger partial charge in [0.2, 0.25) is 0 Å². The summed E-state index contributed by atoms with van der Waals surface area (Å²) in [5.74, 6) is -0.667. The number of aryl methyl sites for hydroxylation is 1. The maximum absolute atomic E-state index is 14.9. The third kappa shape index (κ3) is 7.03. The predicted molar refractivity (Wildman–Crippen MR) is 215 cm³/mol. The maximum Gasteiger partial charge on any atom is 0.333 e. The summed E-state index contributed by atoms with van der Waals surface area (Å²) in [5, 5.41) is 2.16. The number of thiophene rings is 1. The van der Waals surface area contributed by atoms with Gasteiger partial charge in [-0.2, -0.15) is 0 Å². The first-order chi connectivity index (χ1) is 24.7. The first kappa shape index (κ1) is 38.4. The summed E-state index contributed by atoms with van der Waals surface area (Å²) >= 11 is 11.7. The highest BCUT2D eigenvalue weighted by Crippen LogP contribution is 2.39. The molecule has 1 fully saturated rings. The fraction of sp³-hybridized carbons (Fsp3) is 0.375. The van der Waals surface area contributed by atoms with Crippen molar-refractivity contribution in [2.24, 2.45) is 0 Å². The number of hydrogen-bond donors (Lipinski definition) is 0. The molecule has 52 heavy (non-hydrogen) atoms. The van der Waals surface area contributed by atoms with Gasteiger partial charge in [0.25, 0.3) is 5.56 Å². The van der Waals surface area contributed by atoms with E-state index in [0.717, 1.165) is 24.3 Å². The number of aromatic nitrogens is 2. The van der Waals surface area contributed by atoms with E-state index in [1.807, 2.05) is 85.8 Å². The zero-order valence-electron chi connectivity index (χ0n) is 30.3. The molecule has 5 aromatic rings. The van der Waals surface area contributed by atoms with E-state index in [4.69, 9.17) is 25.5 Å². The number of carbonyl (C=O) groups excluding carboxylic acids is 1. The second-order valence-corrected chi connectivity index (χ2v) is 21.7. The Labute approximate surface area is 322 Å². The van der Waals surface area contributed by atoms with Crippen LogP contribution in [0.15, 0.2) is 98.3 Å². The van der Waals surface area contributed by atoms with Crippen molar-refractivity contribution in [3.05, 3.63) is 126 Å². The lowest BCUT2D eigenvalue weighted by Crippen LogP contribution is -2.69. The minimum atomic E-state index is -3.39. The molecule has 0 spiro atoms. The lowest BCUT2D eigenvalue weighted by molar-refractivity contribution is -0.144. The van der Waals surface area contributed by atoms with Crippen molar-refractivity contribution >= 4 is 73.7 Å².